The first-order valence-corrected chi connectivity index (χ1v) is 10.7. The van der Waals surface area contributed by atoms with Crippen molar-refractivity contribution in [2.45, 2.75) is 51.7 Å². The minimum absolute atomic E-state index is 0.0887. The van der Waals surface area contributed by atoms with Gasteiger partial charge >= 0.3 is 0 Å². The van der Waals surface area contributed by atoms with Crippen LogP contribution in [-0.4, -0.2) is 29.9 Å². The molecule has 144 valence electrons. The van der Waals surface area contributed by atoms with Gasteiger partial charge in [-0.25, -0.2) is 0 Å². The number of hydrogen-bond acceptors (Lipinski definition) is 6. The first kappa shape index (κ1) is 20.0. The Morgan fingerprint density at radius 3 is 2.78 bits per heavy atom. The molecular formula is C20H26N4OS2. The number of nitrogens with zero attached hydrogens (tertiary/aromatic N) is 2. The highest BCUT2D eigenvalue weighted by atomic mass is 32.1. The molecule has 7 heteroatoms. The monoisotopic (exact) mass is 402 g/mol. The van der Waals surface area contributed by atoms with Gasteiger partial charge in [0.25, 0.3) is 0 Å². The van der Waals surface area contributed by atoms with Crippen molar-refractivity contribution in [3.63, 3.8) is 0 Å². The predicted molar refractivity (Wildman–Crippen MR) is 112 cm³/mol. The van der Waals surface area contributed by atoms with Gasteiger partial charge in [-0.05, 0) is 58.2 Å². The number of nitrogens with one attached hydrogen (secondary N) is 2. The fourth-order valence-corrected chi connectivity index (χ4v) is 5.90. The molecule has 0 saturated carbocycles. The Kier molecular flexibility index (Phi) is 5.46. The van der Waals surface area contributed by atoms with Crippen LogP contribution in [0.3, 0.4) is 0 Å². The van der Waals surface area contributed by atoms with Crippen LogP contribution in [0.5, 0.6) is 0 Å². The highest BCUT2D eigenvalue weighted by molar-refractivity contribution is 7.17. The molecular weight excluding hydrogens is 376 g/mol. The fraction of sp³-hybridized carbons (Fsp3) is 0.500. The van der Waals surface area contributed by atoms with Crippen molar-refractivity contribution < 1.29 is 4.79 Å². The number of fused-ring (bicyclic) bond motifs is 1. The number of nitriles is 1. The van der Waals surface area contributed by atoms with E-state index in [0.717, 1.165) is 23.4 Å². The van der Waals surface area contributed by atoms with Gasteiger partial charge in [-0.1, -0.05) is 6.07 Å². The predicted octanol–water partition coefficient (Wildman–Crippen LogP) is 3.91. The second-order valence-electron chi connectivity index (χ2n) is 8.34. The number of rotatable bonds is 5. The summed E-state index contributed by atoms with van der Waals surface area (Å²) in [5, 5.41) is 19.1. The van der Waals surface area contributed by atoms with Crippen LogP contribution in [0.25, 0.3) is 0 Å². The zero-order chi connectivity index (χ0) is 19.8. The van der Waals surface area contributed by atoms with E-state index >= 15 is 0 Å². The van der Waals surface area contributed by atoms with E-state index in [1.165, 1.54) is 16.2 Å². The Bertz CT molecular complexity index is 875. The second-order valence-corrected chi connectivity index (χ2v) is 10.4. The highest BCUT2D eigenvalue weighted by Gasteiger charge is 2.40. The molecule has 0 aromatic carbocycles. The number of hydrogen-bond donors (Lipinski definition) is 2. The molecule has 0 fully saturated rings. The average Bonchev–Trinajstić information content (AvgIpc) is 3.13. The van der Waals surface area contributed by atoms with E-state index in [-0.39, 0.29) is 17.0 Å². The van der Waals surface area contributed by atoms with Crippen LogP contribution in [-0.2, 0) is 23.3 Å². The third-order valence-corrected chi connectivity index (χ3v) is 6.96. The van der Waals surface area contributed by atoms with Gasteiger partial charge in [0.15, 0.2) is 0 Å². The summed E-state index contributed by atoms with van der Waals surface area (Å²) in [5.74, 6) is -0.0887. The average molecular weight is 403 g/mol. The smallest absolute Gasteiger partial charge is 0.239 e. The third-order valence-electron chi connectivity index (χ3n) is 4.63. The molecule has 5 nitrogen and oxygen atoms in total. The van der Waals surface area contributed by atoms with E-state index in [0.29, 0.717) is 17.1 Å². The Morgan fingerprint density at radius 1 is 1.41 bits per heavy atom. The Labute approximate surface area is 169 Å². The zero-order valence-corrected chi connectivity index (χ0v) is 18.1. The minimum atomic E-state index is -0.230. The molecule has 0 unspecified atom stereocenters. The lowest BCUT2D eigenvalue weighted by Gasteiger charge is -2.42. The first-order valence-electron chi connectivity index (χ1n) is 8.98. The van der Waals surface area contributed by atoms with Crippen LogP contribution >= 0.6 is 22.7 Å². The zero-order valence-electron chi connectivity index (χ0n) is 16.5. The van der Waals surface area contributed by atoms with E-state index in [4.69, 9.17) is 0 Å². The first-order chi connectivity index (χ1) is 12.6. The molecule has 3 heterocycles. The molecule has 27 heavy (non-hydrogen) atoms. The van der Waals surface area contributed by atoms with Crippen LogP contribution < -0.4 is 10.6 Å². The van der Waals surface area contributed by atoms with Crippen molar-refractivity contribution in [1.82, 2.24) is 10.2 Å². The summed E-state index contributed by atoms with van der Waals surface area (Å²) in [6.07, 6.45) is 0.777. The molecule has 0 aliphatic carbocycles. The lowest BCUT2D eigenvalue weighted by Crippen LogP contribution is -2.54. The van der Waals surface area contributed by atoms with Crippen LogP contribution in [0, 0.1) is 11.3 Å². The van der Waals surface area contributed by atoms with Crippen molar-refractivity contribution in [3.05, 3.63) is 38.4 Å². The molecule has 0 bridgehead atoms. The number of thiophene rings is 2. The van der Waals surface area contributed by atoms with Gasteiger partial charge in [-0.15, -0.1) is 22.7 Å². The Balaban J connectivity index is 1.77. The third kappa shape index (κ3) is 4.41. The molecule has 2 aromatic heterocycles. The highest BCUT2D eigenvalue weighted by Crippen LogP contribution is 2.44. The molecule has 3 rings (SSSR count). The largest absolute Gasteiger partial charge is 0.315 e. The van der Waals surface area contributed by atoms with Crippen LogP contribution in [0.4, 0.5) is 5.00 Å². The summed E-state index contributed by atoms with van der Waals surface area (Å²) >= 11 is 3.21. The summed E-state index contributed by atoms with van der Waals surface area (Å²) in [5.41, 5.74) is 1.36. The molecule has 1 amide bonds. The standard InChI is InChI=1S/C20H26N4OS2/c1-19(2)9-14-15(10-21)18(27-17(14)20(3,4)23-19)22-16(25)12-24(5)11-13-7-6-8-26-13/h6-8,23H,9,11-12H2,1-5H3,(H,22,25). The molecule has 0 atom stereocenters. The topological polar surface area (TPSA) is 68.2 Å². The van der Waals surface area contributed by atoms with E-state index in [1.807, 2.05) is 23.4 Å². The van der Waals surface area contributed by atoms with Gasteiger partial charge in [-0.2, -0.15) is 5.26 Å². The number of likely N-dealkylation sites (N-methyl/N-ethyl adjacent to an activating group) is 1. The normalized spacial score (nSPS) is 17.4. The van der Waals surface area contributed by atoms with Gasteiger partial charge in [0.05, 0.1) is 12.1 Å². The lowest BCUT2D eigenvalue weighted by molar-refractivity contribution is -0.117. The van der Waals surface area contributed by atoms with Crippen molar-refractivity contribution in [3.8, 4) is 6.07 Å². The maximum Gasteiger partial charge on any atom is 0.239 e. The van der Waals surface area contributed by atoms with Gasteiger partial charge < -0.3 is 10.6 Å². The SMILES string of the molecule is CN(CC(=O)Nc1sc2c(c1C#N)CC(C)(C)NC2(C)C)Cc1cccs1. The molecule has 1 aliphatic rings. The summed E-state index contributed by atoms with van der Waals surface area (Å²) < 4.78 is 0. The summed E-state index contributed by atoms with van der Waals surface area (Å²) in [7, 11) is 1.93. The Hall–Kier alpha value is -1.72. The van der Waals surface area contributed by atoms with Gasteiger partial charge in [0, 0.05) is 27.4 Å². The molecule has 0 spiro atoms. The van der Waals surface area contributed by atoms with E-state index < -0.39 is 0 Å². The summed E-state index contributed by atoms with van der Waals surface area (Å²) in [6.45, 7) is 9.58. The molecule has 2 N–H and O–H groups in total. The fourth-order valence-electron chi connectivity index (χ4n) is 3.87. The summed E-state index contributed by atoms with van der Waals surface area (Å²) in [4.78, 5) is 16.9. The minimum Gasteiger partial charge on any atom is -0.315 e. The van der Waals surface area contributed by atoms with Crippen LogP contribution in [0.2, 0.25) is 0 Å². The maximum atomic E-state index is 12.6. The van der Waals surface area contributed by atoms with Crippen LogP contribution in [0.15, 0.2) is 17.5 Å². The van der Waals surface area contributed by atoms with E-state index in [1.54, 1.807) is 11.3 Å². The molecule has 1 aliphatic heterocycles. The number of anilines is 1. The maximum absolute atomic E-state index is 12.6. The summed E-state index contributed by atoms with van der Waals surface area (Å²) in [6, 6.07) is 6.41. The molecule has 0 saturated heterocycles. The number of amides is 1. The van der Waals surface area contributed by atoms with E-state index in [2.05, 4.69) is 50.5 Å². The second kappa shape index (κ2) is 7.36. The van der Waals surface area contributed by atoms with E-state index in [9.17, 15) is 10.1 Å². The number of carbonyl (C=O) groups is 1. The van der Waals surface area contributed by atoms with Crippen molar-refractivity contribution >= 4 is 33.6 Å². The van der Waals surface area contributed by atoms with Gasteiger partial charge in [-0.3, -0.25) is 9.69 Å². The molecule has 2 aromatic rings. The quantitative estimate of drug-likeness (QED) is 0.796. The van der Waals surface area contributed by atoms with Gasteiger partial charge in [0.2, 0.25) is 5.91 Å². The van der Waals surface area contributed by atoms with Crippen molar-refractivity contribution in [1.29, 1.82) is 5.26 Å². The lowest BCUT2D eigenvalue weighted by atomic mass is 9.81. The number of carbonyl (C=O) groups excluding carboxylic acids is 1. The van der Waals surface area contributed by atoms with Gasteiger partial charge in [0.1, 0.15) is 11.1 Å². The Morgan fingerprint density at radius 2 is 2.15 bits per heavy atom. The van der Waals surface area contributed by atoms with Crippen molar-refractivity contribution in [2.24, 2.45) is 0 Å². The van der Waals surface area contributed by atoms with Crippen molar-refractivity contribution in [2.75, 3.05) is 18.9 Å². The van der Waals surface area contributed by atoms with Crippen LogP contribution in [0.1, 0.15) is 48.6 Å². The molecule has 0 radical (unpaired) electrons.